The minimum Gasteiger partial charge on any atom is -0.347 e. The van der Waals surface area contributed by atoms with E-state index < -0.39 is 0 Å². The van der Waals surface area contributed by atoms with Crippen LogP contribution in [-0.2, 0) is 0 Å². The summed E-state index contributed by atoms with van der Waals surface area (Å²) in [6.45, 7) is 7.75. The number of hydrogen-bond donors (Lipinski definition) is 0. The molecule has 2 aromatic carbocycles. The third-order valence-electron chi connectivity index (χ3n) is 4.54. The van der Waals surface area contributed by atoms with Gasteiger partial charge in [0.25, 0.3) is 0 Å². The van der Waals surface area contributed by atoms with Crippen molar-refractivity contribution in [2.75, 3.05) is 28.4 Å². The molecule has 4 rings (SSSR count). The second-order valence-electron chi connectivity index (χ2n) is 6.86. The van der Waals surface area contributed by atoms with Crippen molar-refractivity contribution in [2.45, 2.75) is 26.3 Å². The van der Waals surface area contributed by atoms with Crippen molar-refractivity contribution in [3.05, 3.63) is 42.5 Å². The molecule has 3 nitrogen and oxygen atoms in total. The zero-order valence-corrected chi connectivity index (χ0v) is 13.1. The summed E-state index contributed by atoms with van der Waals surface area (Å²) in [6.07, 6.45) is 0. The highest BCUT2D eigenvalue weighted by Crippen LogP contribution is 2.55. The highest BCUT2D eigenvalue weighted by Gasteiger charge is 2.39. The van der Waals surface area contributed by atoms with Gasteiger partial charge in [-0.15, -0.1) is 0 Å². The maximum Gasteiger partial charge on any atom is 0.0959 e. The molecule has 0 unspecified atom stereocenters. The van der Waals surface area contributed by atoms with Gasteiger partial charge in [0.05, 0.1) is 35.1 Å². The van der Waals surface area contributed by atoms with Gasteiger partial charge in [-0.25, -0.2) is 0 Å². The average Bonchev–Trinajstić information content (AvgIpc) is 2.85. The van der Waals surface area contributed by atoms with Crippen molar-refractivity contribution in [2.24, 2.45) is 0 Å². The summed E-state index contributed by atoms with van der Waals surface area (Å²) < 4.78 is 0. The van der Waals surface area contributed by atoms with E-state index in [1.54, 1.807) is 0 Å². The Kier molecular flexibility index (Phi) is 2.36. The predicted molar refractivity (Wildman–Crippen MR) is 90.2 cm³/mol. The molecule has 108 valence electrons. The van der Waals surface area contributed by atoms with Crippen LogP contribution >= 0.6 is 0 Å². The molecule has 0 N–H and O–H groups in total. The Morgan fingerprint density at radius 3 is 2.14 bits per heavy atom. The van der Waals surface area contributed by atoms with Gasteiger partial charge >= 0.3 is 0 Å². The molecule has 2 aliphatic rings. The normalized spacial score (nSPS) is 16.1. The van der Waals surface area contributed by atoms with E-state index in [4.69, 9.17) is 0 Å². The number of hydrogen-bond acceptors (Lipinski definition) is 3. The second-order valence-corrected chi connectivity index (χ2v) is 6.86. The monoisotopic (exact) mass is 279 g/mol. The van der Waals surface area contributed by atoms with Crippen LogP contribution in [0, 0.1) is 0 Å². The molecule has 2 aliphatic heterocycles. The number of rotatable bonds is 0. The molecule has 0 saturated heterocycles. The lowest BCUT2D eigenvalue weighted by Gasteiger charge is -2.36. The fraction of sp³-hybridized carbons (Fsp3) is 0.333. The highest BCUT2D eigenvalue weighted by atomic mass is 15.4. The maximum atomic E-state index is 2.49. The quantitative estimate of drug-likeness (QED) is 0.704. The van der Waals surface area contributed by atoms with Crippen molar-refractivity contribution >= 4 is 28.4 Å². The molecule has 0 aromatic heterocycles. The third-order valence-corrected chi connectivity index (χ3v) is 4.54. The topological polar surface area (TPSA) is 9.72 Å². The maximum absolute atomic E-state index is 2.49. The Hall–Kier alpha value is -2.16. The first-order chi connectivity index (χ1) is 9.98. The highest BCUT2D eigenvalue weighted by molar-refractivity contribution is 6.01. The summed E-state index contributed by atoms with van der Waals surface area (Å²) >= 11 is 0. The SMILES string of the molecule is CN1c2ccccc2N2CN(C(C)(C)C)c3cccc1c32. The van der Waals surface area contributed by atoms with Gasteiger partial charge in [-0.05, 0) is 45.0 Å². The van der Waals surface area contributed by atoms with Gasteiger partial charge in [0.1, 0.15) is 0 Å². The Morgan fingerprint density at radius 2 is 1.43 bits per heavy atom. The van der Waals surface area contributed by atoms with Crippen LogP contribution in [0.25, 0.3) is 0 Å². The largest absolute Gasteiger partial charge is 0.347 e. The molecule has 0 atom stereocenters. The van der Waals surface area contributed by atoms with Crippen molar-refractivity contribution in [1.29, 1.82) is 0 Å². The first-order valence-electron chi connectivity index (χ1n) is 7.49. The summed E-state index contributed by atoms with van der Waals surface area (Å²) in [5, 5.41) is 0. The van der Waals surface area contributed by atoms with E-state index in [9.17, 15) is 0 Å². The van der Waals surface area contributed by atoms with Crippen molar-refractivity contribution in [3.8, 4) is 0 Å². The lowest BCUT2D eigenvalue weighted by Crippen LogP contribution is -2.43. The first kappa shape index (κ1) is 12.6. The Morgan fingerprint density at radius 1 is 0.810 bits per heavy atom. The molecular formula is C18H21N3. The van der Waals surface area contributed by atoms with Gasteiger partial charge in [-0.1, -0.05) is 18.2 Å². The molecule has 2 heterocycles. The van der Waals surface area contributed by atoms with Gasteiger partial charge in [-0.2, -0.15) is 0 Å². The second kappa shape index (κ2) is 3.94. The van der Waals surface area contributed by atoms with Gasteiger partial charge in [0.2, 0.25) is 0 Å². The predicted octanol–water partition coefficient (Wildman–Crippen LogP) is 4.48. The summed E-state index contributed by atoms with van der Waals surface area (Å²) in [6, 6.07) is 15.3. The van der Waals surface area contributed by atoms with Crippen molar-refractivity contribution < 1.29 is 0 Å². The van der Waals surface area contributed by atoms with E-state index in [1.807, 2.05) is 0 Å². The third kappa shape index (κ3) is 1.60. The number of anilines is 5. The van der Waals surface area contributed by atoms with Crippen LogP contribution in [0.2, 0.25) is 0 Å². The molecule has 21 heavy (non-hydrogen) atoms. The number of nitrogens with zero attached hydrogens (tertiary/aromatic N) is 3. The average molecular weight is 279 g/mol. The van der Waals surface area contributed by atoms with Crippen LogP contribution in [0.5, 0.6) is 0 Å². The lowest BCUT2D eigenvalue weighted by molar-refractivity contribution is 0.518. The molecule has 0 amide bonds. The van der Waals surface area contributed by atoms with Gasteiger partial charge in [0.15, 0.2) is 0 Å². The van der Waals surface area contributed by atoms with Gasteiger partial charge in [0, 0.05) is 12.6 Å². The number of para-hydroxylation sites is 3. The molecule has 0 radical (unpaired) electrons. The van der Waals surface area contributed by atoms with Crippen molar-refractivity contribution in [1.82, 2.24) is 0 Å². The molecule has 0 spiro atoms. The van der Waals surface area contributed by atoms with Gasteiger partial charge < -0.3 is 14.7 Å². The van der Waals surface area contributed by atoms with Crippen LogP contribution in [0.15, 0.2) is 42.5 Å². The number of fused-ring (bicyclic) bond motifs is 2. The summed E-state index contributed by atoms with van der Waals surface area (Å²) in [5.41, 5.74) is 6.65. The Balaban J connectivity index is 1.98. The van der Waals surface area contributed by atoms with Gasteiger partial charge in [-0.3, -0.25) is 0 Å². The molecule has 0 fully saturated rings. The Labute approximate surface area is 126 Å². The molecule has 0 bridgehead atoms. The van der Waals surface area contributed by atoms with Crippen molar-refractivity contribution in [3.63, 3.8) is 0 Å². The fourth-order valence-electron chi connectivity index (χ4n) is 3.45. The molecule has 0 saturated carbocycles. The molecule has 0 aliphatic carbocycles. The minimum atomic E-state index is 0.111. The van der Waals surface area contributed by atoms with E-state index in [-0.39, 0.29) is 5.54 Å². The zero-order valence-electron chi connectivity index (χ0n) is 13.1. The van der Waals surface area contributed by atoms with Crippen LogP contribution < -0.4 is 14.7 Å². The van der Waals surface area contributed by atoms with Crippen LogP contribution in [0.4, 0.5) is 28.4 Å². The zero-order chi connectivity index (χ0) is 14.8. The van der Waals surface area contributed by atoms with E-state index in [0.717, 1.165) is 6.67 Å². The summed E-state index contributed by atoms with van der Waals surface area (Å²) in [4.78, 5) is 7.24. The van der Waals surface area contributed by atoms with E-state index in [2.05, 4.69) is 85.0 Å². The molecular weight excluding hydrogens is 258 g/mol. The first-order valence-corrected chi connectivity index (χ1v) is 7.49. The van der Waals surface area contributed by atoms with E-state index in [1.165, 1.54) is 28.4 Å². The fourth-order valence-corrected chi connectivity index (χ4v) is 3.45. The van der Waals surface area contributed by atoms with E-state index >= 15 is 0 Å². The van der Waals surface area contributed by atoms with Crippen LogP contribution in [-0.4, -0.2) is 19.3 Å². The lowest BCUT2D eigenvalue weighted by atomic mass is 10.0. The molecule has 2 aromatic rings. The number of benzene rings is 2. The van der Waals surface area contributed by atoms with E-state index in [0.29, 0.717) is 0 Å². The smallest absolute Gasteiger partial charge is 0.0959 e. The summed E-state index contributed by atoms with van der Waals surface area (Å²) in [5.74, 6) is 0. The molecule has 3 heteroatoms. The minimum absolute atomic E-state index is 0.111. The van der Waals surface area contributed by atoms with Crippen LogP contribution in [0.3, 0.4) is 0 Å². The summed E-state index contributed by atoms with van der Waals surface area (Å²) in [7, 11) is 2.16. The van der Waals surface area contributed by atoms with Crippen LogP contribution in [0.1, 0.15) is 20.8 Å². The Bertz CT molecular complexity index is 715. The standard InChI is InChI=1S/C18H21N3/c1-18(2,3)21-12-20-14-9-6-5-8-13(14)19(4)15-10-7-11-16(21)17(15)20/h5-11H,12H2,1-4H3.